The van der Waals surface area contributed by atoms with Crippen LogP contribution >= 0.6 is 0 Å². The first-order valence-electron chi connectivity index (χ1n) is 18.6. The summed E-state index contributed by atoms with van der Waals surface area (Å²) in [6.45, 7) is 14.3. The van der Waals surface area contributed by atoms with E-state index >= 15 is 0 Å². The molecule has 310 valence electrons. The summed E-state index contributed by atoms with van der Waals surface area (Å²) < 4.78 is 4.04. The third-order valence-corrected chi connectivity index (χ3v) is 9.77. The van der Waals surface area contributed by atoms with E-state index in [4.69, 9.17) is 5.11 Å². The van der Waals surface area contributed by atoms with Gasteiger partial charge in [-0.1, -0.05) is 52.3 Å². The first kappa shape index (κ1) is 47.1. The molecule has 1 aliphatic heterocycles. The van der Waals surface area contributed by atoms with Gasteiger partial charge in [-0.3, -0.25) is 38.9 Å². The zero-order chi connectivity index (χ0) is 43.2. The minimum atomic E-state index is -1.20. The van der Waals surface area contributed by atoms with E-state index in [1.807, 2.05) is 26.0 Å². The SMILES string of the molecule is C=CCC1(C(C)CC)C(=O)NC(=O)NC1=O.CC(=O)Nc1ccc(O)cc1.CC[C@@H](c1cccc(O)c1)[C@@H](C)CN(C)C.Cn1c(=O)c2c(ncn2C)n(C)c1=O. The summed E-state index contributed by atoms with van der Waals surface area (Å²) in [5.74, 6) is 0.351. The van der Waals surface area contributed by atoms with E-state index in [-0.39, 0.29) is 35.2 Å². The van der Waals surface area contributed by atoms with Crippen molar-refractivity contribution in [3.8, 4) is 11.5 Å². The van der Waals surface area contributed by atoms with E-state index in [0.29, 0.717) is 40.9 Å². The molecule has 5 amide bonds. The molecule has 5 N–H and O–H groups in total. The van der Waals surface area contributed by atoms with Crippen LogP contribution in [0.3, 0.4) is 0 Å². The van der Waals surface area contributed by atoms with Crippen LogP contribution in [0.1, 0.15) is 65.4 Å². The monoisotopic (exact) mass is 790 g/mol. The standard InChI is InChI=1S/C14H23NO.C11H16N2O3.C8H10N4O2.C8H9NO2/c1-5-14(11(2)10-15(3)4)12-7-6-8-13(16)9-12;1-4-6-11(7(3)5-2)8(14)12-10(16)13-9(11)15;1-10-4-9-6-5(10)7(13)12(3)8(14)11(6)2;1-6(10)9-7-2-4-8(11)5-3-7/h6-9,11,14,16H,5,10H2,1-4H3;4,7H,1,5-6H2,2-3H3,(H2,12,13,14,15,16);4H,1-3H3;2-5,11H,1H3,(H,9,10)/t11-,14+;;;/m0.../s1. The minimum absolute atomic E-state index is 0.115. The first-order valence-corrected chi connectivity index (χ1v) is 18.6. The fourth-order valence-corrected chi connectivity index (χ4v) is 6.62. The molecular formula is C41H58N8O8. The Balaban J connectivity index is 0.000000265. The minimum Gasteiger partial charge on any atom is -0.508 e. The third kappa shape index (κ3) is 12.2. The number of barbiturate groups is 1. The van der Waals surface area contributed by atoms with Gasteiger partial charge in [0.2, 0.25) is 17.7 Å². The van der Waals surface area contributed by atoms with Crippen molar-refractivity contribution in [2.45, 2.75) is 59.8 Å². The summed E-state index contributed by atoms with van der Waals surface area (Å²) in [6.07, 6.45) is 5.06. The topological polar surface area (TPSA) is 210 Å². The van der Waals surface area contributed by atoms with Crippen molar-refractivity contribution in [2.24, 2.45) is 38.4 Å². The number of fused-ring (bicyclic) bond motifs is 1. The quantitative estimate of drug-likeness (QED) is 0.0871. The highest BCUT2D eigenvalue weighted by molar-refractivity contribution is 6.19. The second-order valence-corrected chi connectivity index (χ2v) is 14.3. The Morgan fingerprint density at radius 1 is 0.930 bits per heavy atom. The van der Waals surface area contributed by atoms with Crippen LogP contribution in [0.25, 0.3) is 11.2 Å². The van der Waals surface area contributed by atoms with Crippen LogP contribution in [0.5, 0.6) is 11.5 Å². The van der Waals surface area contributed by atoms with Crippen LogP contribution in [0, 0.1) is 17.3 Å². The van der Waals surface area contributed by atoms with Gasteiger partial charge in [0.05, 0.1) is 6.33 Å². The predicted octanol–water partition coefficient (Wildman–Crippen LogP) is 4.37. The Hall–Kier alpha value is -6.03. The molecule has 0 aliphatic carbocycles. The van der Waals surface area contributed by atoms with Crippen molar-refractivity contribution in [1.82, 2.24) is 34.2 Å². The number of urea groups is 1. The molecule has 3 heterocycles. The Labute approximate surface area is 333 Å². The molecule has 2 aromatic heterocycles. The van der Waals surface area contributed by atoms with Gasteiger partial charge in [-0.05, 0) is 86.7 Å². The number of phenolic OH excluding ortho intramolecular Hbond substituents is 2. The highest BCUT2D eigenvalue weighted by atomic mass is 16.3. The van der Waals surface area contributed by atoms with Crippen molar-refractivity contribution in [3.63, 3.8) is 0 Å². The molecule has 0 spiro atoms. The molecule has 16 heteroatoms. The summed E-state index contributed by atoms with van der Waals surface area (Å²) in [6, 6.07) is 13.2. The van der Waals surface area contributed by atoms with Crippen molar-refractivity contribution in [1.29, 1.82) is 0 Å². The number of aryl methyl sites for hydroxylation is 2. The Bertz CT molecular complexity index is 2110. The molecule has 0 saturated carbocycles. The fourth-order valence-electron chi connectivity index (χ4n) is 6.62. The maximum atomic E-state index is 11.9. The molecule has 0 radical (unpaired) electrons. The van der Waals surface area contributed by atoms with E-state index in [2.05, 4.69) is 66.4 Å². The number of nitrogens with one attached hydrogen (secondary N) is 3. The summed E-state index contributed by atoms with van der Waals surface area (Å²) in [4.78, 5) is 74.7. The number of benzene rings is 2. The van der Waals surface area contributed by atoms with Gasteiger partial charge in [0.25, 0.3) is 5.56 Å². The van der Waals surface area contributed by atoms with Crippen LogP contribution in [0.15, 0.2) is 77.1 Å². The molecule has 1 fully saturated rings. The average molecular weight is 791 g/mol. The number of rotatable bonds is 10. The molecule has 5 rings (SSSR count). The van der Waals surface area contributed by atoms with E-state index in [9.17, 15) is 33.9 Å². The molecule has 0 bridgehead atoms. The van der Waals surface area contributed by atoms with Gasteiger partial charge in [0, 0.05) is 40.3 Å². The zero-order valence-corrected chi connectivity index (χ0v) is 34.6. The van der Waals surface area contributed by atoms with Gasteiger partial charge in [-0.2, -0.15) is 0 Å². The van der Waals surface area contributed by atoms with E-state index in [0.717, 1.165) is 17.5 Å². The maximum absolute atomic E-state index is 11.9. The number of nitrogens with zero attached hydrogens (tertiary/aromatic N) is 5. The van der Waals surface area contributed by atoms with Gasteiger partial charge in [0.15, 0.2) is 11.2 Å². The van der Waals surface area contributed by atoms with Crippen molar-refractivity contribution < 1.29 is 29.4 Å². The largest absolute Gasteiger partial charge is 0.508 e. The van der Waals surface area contributed by atoms with Crippen molar-refractivity contribution in [2.75, 3.05) is 26.0 Å². The smallest absolute Gasteiger partial charge is 0.332 e. The number of hydrogen-bond donors (Lipinski definition) is 5. The molecule has 2 aromatic carbocycles. The highest BCUT2D eigenvalue weighted by Gasteiger charge is 2.52. The average Bonchev–Trinajstić information content (AvgIpc) is 3.54. The van der Waals surface area contributed by atoms with E-state index in [1.165, 1.54) is 48.6 Å². The van der Waals surface area contributed by atoms with Crippen LogP contribution in [0.4, 0.5) is 10.5 Å². The summed E-state index contributed by atoms with van der Waals surface area (Å²) in [7, 11) is 8.98. The molecule has 1 unspecified atom stereocenters. The first-order chi connectivity index (χ1) is 26.7. The fraction of sp³-hybridized carbons (Fsp3) is 0.439. The molecule has 1 saturated heterocycles. The van der Waals surface area contributed by atoms with Gasteiger partial charge >= 0.3 is 11.7 Å². The molecular weight excluding hydrogens is 732 g/mol. The second kappa shape index (κ2) is 21.3. The van der Waals surface area contributed by atoms with Gasteiger partial charge in [-0.25, -0.2) is 14.6 Å². The Morgan fingerprint density at radius 2 is 1.53 bits per heavy atom. The lowest BCUT2D eigenvalue weighted by Crippen LogP contribution is -2.64. The van der Waals surface area contributed by atoms with Crippen molar-refractivity contribution in [3.05, 3.63) is 93.9 Å². The lowest BCUT2D eigenvalue weighted by atomic mass is 9.70. The van der Waals surface area contributed by atoms with Crippen molar-refractivity contribution >= 4 is 40.6 Å². The Kier molecular flexibility index (Phi) is 17.6. The summed E-state index contributed by atoms with van der Waals surface area (Å²) in [5, 5.41) is 25.3. The number of imidazole rings is 1. The number of phenols is 2. The number of aromatic nitrogens is 4. The lowest BCUT2D eigenvalue weighted by Gasteiger charge is -2.37. The highest BCUT2D eigenvalue weighted by Crippen LogP contribution is 2.36. The summed E-state index contributed by atoms with van der Waals surface area (Å²) >= 11 is 0. The van der Waals surface area contributed by atoms with Crippen LogP contribution in [-0.2, 0) is 35.5 Å². The van der Waals surface area contributed by atoms with Gasteiger partial charge in [0.1, 0.15) is 16.9 Å². The number of carbonyl (C=O) groups is 4. The number of anilines is 1. The zero-order valence-electron chi connectivity index (χ0n) is 34.6. The number of imide groups is 2. The van der Waals surface area contributed by atoms with Gasteiger partial charge < -0.3 is 25.0 Å². The lowest BCUT2D eigenvalue weighted by molar-refractivity contribution is -0.148. The van der Waals surface area contributed by atoms with Crippen LogP contribution in [0.2, 0.25) is 0 Å². The number of carbonyl (C=O) groups excluding carboxylic acids is 4. The van der Waals surface area contributed by atoms with Gasteiger partial charge in [-0.15, -0.1) is 6.58 Å². The van der Waals surface area contributed by atoms with E-state index < -0.39 is 23.3 Å². The molecule has 16 nitrogen and oxygen atoms in total. The molecule has 3 atom stereocenters. The Morgan fingerprint density at radius 3 is 2.02 bits per heavy atom. The molecule has 4 aromatic rings. The van der Waals surface area contributed by atoms with E-state index in [1.54, 1.807) is 36.9 Å². The third-order valence-electron chi connectivity index (χ3n) is 9.77. The number of allylic oxidation sites excluding steroid dienone is 1. The number of hydrogen-bond acceptors (Lipinski definition) is 10. The number of aromatic hydroxyl groups is 2. The van der Waals surface area contributed by atoms with Crippen LogP contribution < -0.4 is 27.2 Å². The van der Waals surface area contributed by atoms with Crippen LogP contribution in [-0.4, -0.2) is 78.2 Å². The molecule has 57 heavy (non-hydrogen) atoms. The second-order valence-electron chi connectivity index (χ2n) is 14.3. The number of amides is 5. The molecule has 1 aliphatic rings. The predicted molar refractivity (Wildman–Crippen MR) is 221 cm³/mol. The maximum Gasteiger partial charge on any atom is 0.332 e. The summed E-state index contributed by atoms with van der Waals surface area (Å²) in [5.41, 5.74) is 0.913. The normalized spacial score (nSPS) is 14.6.